The largest absolute Gasteiger partial charge is 0.493 e. The van der Waals surface area contributed by atoms with Crippen LogP contribution in [0.15, 0.2) is 17.2 Å². The minimum Gasteiger partial charge on any atom is -0.493 e. The second-order valence-corrected chi connectivity index (χ2v) is 4.83. The summed E-state index contributed by atoms with van der Waals surface area (Å²) in [6.07, 6.45) is 1.61. The van der Waals surface area contributed by atoms with Crippen LogP contribution in [0.25, 0.3) is 0 Å². The first-order valence-corrected chi connectivity index (χ1v) is 6.82. The van der Waals surface area contributed by atoms with Crippen molar-refractivity contribution in [3.63, 3.8) is 0 Å². The SMILES string of the molecule is COc1ccc(/C=N\NC(=S)NC(C)C)c(OC)c1OC. The number of hydrogen-bond donors (Lipinski definition) is 2. The predicted molar refractivity (Wildman–Crippen MR) is 87.7 cm³/mol. The van der Waals surface area contributed by atoms with Crippen molar-refractivity contribution < 1.29 is 14.2 Å². The molecule has 0 spiro atoms. The van der Waals surface area contributed by atoms with Crippen molar-refractivity contribution in [3.05, 3.63) is 17.7 Å². The van der Waals surface area contributed by atoms with Crippen LogP contribution in [0.2, 0.25) is 0 Å². The van der Waals surface area contributed by atoms with Gasteiger partial charge in [0.25, 0.3) is 0 Å². The third-order valence-electron chi connectivity index (χ3n) is 2.52. The smallest absolute Gasteiger partial charge is 0.203 e. The Bertz CT molecular complexity index is 518. The first kappa shape index (κ1) is 17.0. The molecule has 6 nitrogen and oxygen atoms in total. The molecule has 1 aromatic carbocycles. The van der Waals surface area contributed by atoms with Gasteiger partial charge < -0.3 is 19.5 Å². The maximum absolute atomic E-state index is 5.36. The van der Waals surface area contributed by atoms with E-state index < -0.39 is 0 Å². The average Bonchev–Trinajstić information content (AvgIpc) is 2.45. The van der Waals surface area contributed by atoms with E-state index in [1.54, 1.807) is 33.6 Å². The monoisotopic (exact) mass is 311 g/mol. The van der Waals surface area contributed by atoms with Gasteiger partial charge in [-0.05, 0) is 38.2 Å². The molecule has 2 N–H and O–H groups in total. The normalized spacial score (nSPS) is 10.6. The summed E-state index contributed by atoms with van der Waals surface area (Å²) in [5.41, 5.74) is 3.49. The summed E-state index contributed by atoms with van der Waals surface area (Å²) < 4.78 is 15.9. The van der Waals surface area contributed by atoms with Crippen molar-refractivity contribution in [2.45, 2.75) is 19.9 Å². The summed E-state index contributed by atoms with van der Waals surface area (Å²) in [5.74, 6) is 1.66. The molecule has 0 aliphatic carbocycles. The van der Waals surface area contributed by atoms with Crippen LogP contribution in [0.4, 0.5) is 0 Å². The average molecular weight is 311 g/mol. The lowest BCUT2D eigenvalue weighted by atomic mass is 10.2. The fourth-order valence-corrected chi connectivity index (χ4v) is 1.97. The zero-order valence-corrected chi connectivity index (χ0v) is 13.7. The lowest BCUT2D eigenvalue weighted by Gasteiger charge is -2.14. The lowest BCUT2D eigenvalue weighted by Crippen LogP contribution is -2.36. The Kier molecular flexibility index (Phi) is 6.74. The van der Waals surface area contributed by atoms with Gasteiger partial charge in [0.2, 0.25) is 5.75 Å². The third kappa shape index (κ3) is 4.78. The Hall–Kier alpha value is -2.02. The molecule has 1 aromatic rings. The molecule has 0 radical (unpaired) electrons. The first-order chi connectivity index (χ1) is 10.0. The van der Waals surface area contributed by atoms with Crippen LogP contribution in [0, 0.1) is 0 Å². The van der Waals surface area contributed by atoms with Crippen LogP contribution < -0.4 is 25.0 Å². The van der Waals surface area contributed by atoms with Gasteiger partial charge in [-0.25, -0.2) is 0 Å². The summed E-state index contributed by atoms with van der Waals surface area (Å²) in [6.45, 7) is 3.99. The van der Waals surface area contributed by atoms with Gasteiger partial charge in [0.15, 0.2) is 16.6 Å². The third-order valence-corrected chi connectivity index (χ3v) is 2.73. The van der Waals surface area contributed by atoms with Crippen molar-refractivity contribution in [1.82, 2.24) is 10.7 Å². The van der Waals surface area contributed by atoms with Gasteiger partial charge >= 0.3 is 0 Å². The van der Waals surface area contributed by atoms with Crippen molar-refractivity contribution in [1.29, 1.82) is 0 Å². The molecular weight excluding hydrogens is 290 g/mol. The molecule has 7 heteroatoms. The molecule has 0 heterocycles. The first-order valence-electron chi connectivity index (χ1n) is 6.42. The molecule has 0 aliphatic heterocycles. The number of nitrogens with zero attached hydrogens (tertiary/aromatic N) is 1. The van der Waals surface area contributed by atoms with Gasteiger partial charge in [0.05, 0.1) is 27.5 Å². The summed E-state index contributed by atoms with van der Waals surface area (Å²) in [7, 11) is 4.69. The molecule has 116 valence electrons. The zero-order chi connectivity index (χ0) is 15.8. The Balaban J connectivity index is 2.90. The van der Waals surface area contributed by atoms with Crippen LogP contribution in [-0.4, -0.2) is 38.7 Å². The van der Waals surface area contributed by atoms with Gasteiger partial charge in [0, 0.05) is 11.6 Å². The molecule has 0 bridgehead atoms. The van der Waals surface area contributed by atoms with Crippen molar-refractivity contribution in [2.24, 2.45) is 5.10 Å². The lowest BCUT2D eigenvalue weighted by molar-refractivity contribution is 0.324. The van der Waals surface area contributed by atoms with Crippen molar-refractivity contribution >= 4 is 23.5 Å². The number of thiocarbonyl (C=S) groups is 1. The second-order valence-electron chi connectivity index (χ2n) is 4.42. The van der Waals surface area contributed by atoms with Crippen LogP contribution in [0.5, 0.6) is 17.2 Å². The summed E-state index contributed by atoms with van der Waals surface area (Å²) in [6, 6.07) is 3.85. The molecule has 0 amide bonds. The molecule has 0 unspecified atom stereocenters. The maximum Gasteiger partial charge on any atom is 0.203 e. The zero-order valence-electron chi connectivity index (χ0n) is 12.9. The highest BCUT2D eigenvalue weighted by atomic mass is 32.1. The van der Waals surface area contributed by atoms with Gasteiger partial charge in [-0.3, -0.25) is 5.43 Å². The Morgan fingerprint density at radius 1 is 1.14 bits per heavy atom. The van der Waals surface area contributed by atoms with Crippen molar-refractivity contribution in [2.75, 3.05) is 21.3 Å². The number of ether oxygens (including phenoxy) is 3. The van der Waals surface area contributed by atoms with Gasteiger partial charge in [-0.15, -0.1) is 0 Å². The Morgan fingerprint density at radius 2 is 1.81 bits per heavy atom. The van der Waals surface area contributed by atoms with E-state index in [2.05, 4.69) is 15.8 Å². The molecular formula is C14H21N3O3S. The maximum atomic E-state index is 5.36. The number of hydrazone groups is 1. The molecule has 0 fully saturated rings. The topological polar surface area (TPSA) is 64.1 Å². The molecule has 0 saturated heterocycles. The van der Waals surface area contributed by atoms with Gasteiger partial charge in [-0.1, -0.05) is 0 Å². The molecule has 0 saturated carbocycles. The molecule has 1 rings (SSSR count). The van der Waals surface area contributed by atoms with Gasteiger partial charge in [-0.2, -0.15) is 5.10 Å². The van der Waals surface area contributed by atoms with E-state index in [4.69, 9.17) is 26.4 Å². The van der Waals surface area contributed by atoms with E-state index in [1.165, 1.54) is 0 Å². The van der Waals surface area contributed by atoms with Crippen LogP contribution in [0.1, 0.15) is 19.4 Å². The van der Waals surface area contributed by atoms with Crippen LogP contribution >= 0.6 is 12.2 Å². The minimum atomic E-state index is 0.246. The van der Waals surface area contributed by atoms with Crippen LogP contribution in [-0.2, 0) is 0 Å². The minimum absolute atomic E-state index is 0.246. The van der Waals surface area contributed by atoms with E-state index in [1.807, 2.05) is 19.9 Å². The summed E-state index contributed by atoms with van der Waals surface area (Å²) >= 11 is 5.08. The molecule has 0 aliphatic rings. The van der Waals surface area contributed by atoms with E-state index in [-0.39, 0.29) is 6.04 Å². The highest BCUT2D eigenvalue weighted by Gasteiger charge is 2.14. The molecule has 0 atom stereocenters. The fourth-order valence-electron chi connectivity index (χ4n) is 1.68. The summed E-state index contributed by atoms with van der Waals surface area (Å²) in [4.78, 5) is 0. The van der Waals surface area contributed by atoms with Crippen molar-refractivity contribution in [3.8, 4) is 17.2 Å². The quantitative estimate of drug-likeness (QED) is 0.475. The number of hydrogen-bond acceptors (Lipinski definition) is 5. The second kappa shape index (κ2) is 8.31. The van der Waals surface area contributed by atoms with E-state index in [0.717, 1.165) is 5.56 Å². The van der Waals surface area contributed by atoms with Gasteiger partial charge in [0.1, 0.15) is 0 Å². The molecule has 0 aromatic heterocycles. The number of rotatable bonds is 6. The van der Waals surface area contributed by atoms with E-state index in [0.29, 0.717) is 22.4 Å². The Labute approximate surface area is 130 Å². The highest BCUT2D eigenvalue weighted by molar-refractivity contribution is 7.80. The highest BCUT2D eigenvalue weighted by Crippen LogP contribution is 2.38. The number of methoxy groups -OCH3 is 3. The Morgan fingerprint density at radius 3 is 2.33 bits per heavy atom. The number of benzene rings is 1. The van der Waals surface area contributed by atoms with E-state index in [9.17, 15) is 0 Å². The fraction of sp³-hybridized carbons (Fsp3) is 0.429. The number of nitrogens with one attached hydrogen (secondary N) is 2. The summed E-state index contributed by atoms with van der Waals surface area (Å²) in [5, 5.41) is 7.57. The van der Waals surface area contributed by atoms with E-state index >= 15 is 0 Å². The predicted octanol–water partition coefficient (Wildman–Crippen LogP) is 1.92. The van der Waals surface area contributed by atoms with Crippen LogP contribution in [0.3, 0.4) is 0 Å². The standard InChI is InChI=1S/C14H21N3O3S/c1-9(2)16-14(21)17-15-8-10-6-7-11(18-3)13(20-5)12(10)19-4/h6-9H,1-5H3,(H2,16,17,21)/b15-8-. The molecule has 21 heavy (non-hydrogen) atoms.